The minimum atomic E-state index is -0.385. The number of aryl methyl sites for hydroxylation is 2. The third-order valence-corrected chi connectivity index (χ3v) is 3.82. The van der Waals surface area contributed by atoms with Crippen LogP contribution in [-0.4, -0.2) is 5.91 Å². The van der Waals surface area contributed by atoms with Gasteiger partial charge in [0.2, 0.25) is 0 Å². The van der Waals surface area contributed by atoms with E-state index in [0.717, 1.165) is 16.0 Å². The molecule has 1 N–H and O–H groups in total. The van der Waals surface area contributed by atoms with Crippen LogP contribution in [0.5, 0.6) is 0 Å². The SMILES string of the molecule is Cc1ccc(NC(=O)/C(C#N)=C/c2sccc2C)cc1. The van der Waals surface area contributed by atoms with Gasteiger partial charge in [-0.25, -0.2) is 0 Å². The van der Waals surface area contributed by atoms with Gasteiger partial charge in [-0.2, -0.15) is 5.26 Å². The summed E-state index contributed by atoms with van der Waals surface area (Å²) in [5, 5.41) is 13.8. The average molecular weight is 282 g/mol. The van der Waals surface area contributed by atoms with Crippen molar-refractivity contribution >= 4 is 29.0 Å². The number of nitrogens with one attached hydrogen (secondary N) is 1. The van der Waals surface area contributed by atoms with Gasteiger partial charge in [-0.05, 0) is 49.1 Å². The van der Waals surface area contributed by atoms with Crippen molar-refractivity contribution in [3.05, 3.63) is 57.3 Å². The monoisotopic (exact) mass is 282 g/mol. The molecule has 1 amide bonds. The van der Waals surface area contributed by atoms with Gasteiger partial charge in [-0.1, -0.05) is 17.7 Å². The van der Waals surface area contributed by atoms with E-state index < -0.39 is 0 Å². The van der Waals surface area contributed by atoms with E-state index in [4.69, 9.17) is 5.26 Å². The maximum absolute atomic E-state index is 12.1. The number of hydrogen-bond donors (Lipinski definition) is 1. The molecule has 0 aliphatic heterocycles. The van der Waals surface area contributed by atoms with Crippen molar-refractivity contribution in [1.29, 1.82) is 5.26 Å². The van der Waals surface area contributed by atoms with Crippen LogP contribution in [0.25, 0.3) is 6.08 Å². The first-order valence-corrected chi connectivity index (χ1v) is 7.02. The van der Waals surface area contributed by atoms with E-state index in [2.05, 4.69) is 5.32 Å². The number of benzene rings is 1. The average Bonchev–Trinajstić information content (AvgIpc) is 2.84. The van der Waals surface area contributed by atoms with E-state index in [0.29, 0.717) is 5.69 Å². The van der Waals surface area contributed by atoms with Crippen LogP contribution in [0.3, 0.4) is 0 Å². The summed E-state index contributed by atoms with van der Waals surface area (Å²) >= 11 is 1.51. The summed E-state index contributed by atoms with van der Waals surface area (Å²) in [5.41, 5.74) is 2.97. The molecule has 0 fully saturated rings. The van der Waals surface area contributed by atoms with Crippen LogP contribution < -0.4 is 5.32 Å². The molecule has 0 radical (unpaired) electrons. The molecule has 0 unspecified atom stereocenters. The predicted molar refractivity (Wildman–Crippen MR) is 82.5 cm³/mol. The highest BCUT2D eigenvalue weighted by molar-refractivity contribution is 7.11. The zero-order valence-electron chi connectivity index (χ0n) is 11.3. The maximum atomic E-state index is 12.1. The van der Waals surface area contributed by atoms with Crippen molar-refractivity contribution in [2.45, 2.75) is 13.8 Å². The number of hydrogen-bond acceptors (Lipinski definition) is 3. The number of carbonyl (C=O) groups excluding carboxylic acids is 1. The third kappa shape index (κ3) is 3.34. The minimum Gasteiger partial charge on any atom is -0.321 e. The van der Waals surface area contributed by atoms with Gasteiger partial charge >= 0.3 is 0 Å². The molecule has 0 aliphatic rings. The van der Waals surface area contributed by atoms with Crippen molar-refractivity contribution in [1.82, 2.24) is 0 Å². The summed E-state index contributed by atoms with van der Waals surface area (Å²) in [5.74, 6) is -0.385. The van der Waals surface area contributed by atoms with Gasteiger partial charge in [0, 0.05) is 10.6 Å². The topological polar surface area (TPSA) is 52.9 Å². The van der Waals surface area contributed by atoms with Gasteiger partial charge in [-0.3, -0.25) is 4.79 Å². The highest BCUT2D eigenvalue weighted by atomic mass is 32.1. The molecule has 0 bridgehead atoms. The lowest BCUT2D eigenvalue weighted by molar-refractivity contribution is -0.112. The molecule has 2 rings (SSSR count). The zero-order valence-corrected chi connectivity index (χ0v) is 12.1. The molecule has 0 aliphatic carbocycles. The fourth-order valence-corrected chi connectivity index (χ4v) is 2.51. The fourth-order valence-electron chi connectivity index (χ4n) is 1.65. The molecular formula is C16H14N2OS. The Bertz CT molecular complexity index is 690. The van der Waals surface area contributed by atoms with E-state index in [1.165, 1.54) is 11.3 Å². The predicted octanol–water partition coefficient (Wildman–Crippen LogP) is 3.91. The number of rotatable bonds is 3. The Hall–Kier alpha value is -2.38. The number of nitrogens with zero attached hydrogens (tertiary/aromatic N) is 1. The first kappa shape index (κ1) is 14.0. The summed E-state index contributed by atoms with van der Waals surface area (Å²) in [4.78, 5) is 13.0. The first-order valence-electron chi connectivity index (χ1n) is 6.14. The number of nitriles is 1. The lowest BCUT2D eigenvalue weighted by atomic mass is 10.2. The lowest BCUT2D eigenvalue weighted by Gasteiger charge is -2.04. The summed E-state index contributed by atoms with van der Waals surface area (Å²) in [6.07, 6.45) is 1.63. The second-order valence-corrected chi connectivity index (χ2v) is 5.41. The van der Waals surface area contributed by atoms with E-state index in [9.17, 15) is 4.79 Å². The minimum absolute atomic E-state index is 0.108. The van der Waals surface area contributed by atoms with Crippen LogP contribution in [0.2, 0.25) is 0 Å². The second kappa shape index (κ2) is 6.18. The molecule has 0 saturated heterocycles. The normalized spacial score (nSPS) is 10.9. The van der Waals surface area contributed by atoms with E-state index in [-0.39, 0.29) is 11.5 Å². The Morgan fingerprint density at radius 2 is 1.95 bits per heavy atom. The second-order valence-electron chi connectivity index (χ2n) is 4.46. The van der Waals surface area contributed by atoms with Crippen LogP contribution >= 0.6 is 11.3 Å². The van der Waals surface area contributed by atoms with Crippen LogP contribution in [-0.2, 0) is 4.79 Å². The summed E-state index contributed by atoms with van der Waals surface area (Å²) < 4.78 is 0. The number of thiophene rings is 1. The van der Waals surface area contributed by atoms with Crippen molar-refractivity contribution in [3.63, 3.8) is 0 Å². The van der Waals surface area contributed by atoms with Gasteiger partial charge in [0.05, 0.1) is 0 Å². The Morgan fingerprint density at radius 1 is 1.25 bits per heavy atom. The van der Waals surface area contributed by atoms with Crippen LogP contribution in [0.4, 0.5) is 5.69 Å². The highest BCUT2D eigenvalue weighted by Crippen LogP contribution is 2.19. The molecule has 20 heavy (non-hydrogen) atoms. The van der Waals surface area contributed by atoms with Gasteiger partial charge in [-0.15, -0.1) is 11.3 Å². The fraction of sp³-hybridized carbons (Fsp3) is 0.125. The Kier molecular flexibility index (Phi) is 4.34. The Labute approximate surface area is 122 Å². The first-order chi connectivity index (χ1) is 9.60. The number of carbonyl (C=O) groups is 1. The van der Waals surface area contributed by atoms with Crippen LogP contribution in [0.1, 0.15) is 16.0 Å². The summed E-state index contributed by atoms with van der Waals surface area (Å²) in [6, 6.07) is 11.4. The van der Waals surface area contributed by atoms with Crippen molar-refractivity contribution in [3.8, 4) is 6.07 Å². The lowest BCUT2D eigenvalue weighted by Crippen LogP contribution is -2.13. The molecular weight excluding hydrogens is 268 g/mol. The number of amides is 1. The Balaban J connectivity index is 2.18. The van der Waals surface area contributed by atoms with Gasteiger partial charge in [0.1, 0.15) is 11.6 Å². The van der Waals surface area contributed by atoms with Crippen LogP contribution in [0, 0.1) is 25.2 Å². The summed E-state index contributed by atoms with van der Waals surface area (Å²) in [6.45, 7) is 3.93. The van der Waals surface area contributed by atoms with E-state index in [1.54, 1.807) is 6.08 Å². The largest absolute Gasteiger partial charge is 0.321 e. The molecule has 2 aromatic rings. The van der Waals surface area contributed by atoms with Crippen molar-refractivity contribution in [2.24, 2.45) is 0 Å². The zero-order chi connectivity index (χ0) is 14.5. The van der Waals surface area contributed by atoms with Gasteiger partial charge in [0.15, 0.2) is 0 Å². The van der Waals surface area contributed by atoms with Crippen molar-refractivity contribution in [2.75, 3.05) is 5.32 Å². The van der Waals surface area contributed by atoms with Crippen LogP contribution in [0.15, 0.2) is 41.3 Å². The molecule has 3 nitrogen and oxygen atoms in total. The highest BCUT2D eigenvalue weighted by Gasteiger charge is 2.10. The maximum Gasteiger partial charge on any atom is 0.266 e. The molecule has 1 aromatic carbocycles. The smallest absolute Gasteiger partial charge is 0.266 e. The molecule has 100 valence electrons. The number of anilines is 1. The van der Waals surface area contributed by atoms with Crippen molar-refractivity contribution < 1.29 is 4.79 Å². The van der Waals surface area contributed by atoms with Gasteiger partial charge in [0.25, 0.3) is 5.91 Å². The van der Waals surface area contributed by atoms with Gasteiger partial charge < -0.3 is 5.32 Å². The van der Waals surface area contributed by atoms with E-state index >= 15 is 0 Å². The summed E-state index contributed by atoms with van der Waals surface area (Å²) in [7, 11) is 0. The molecule has 0 spiro atoms. The molecule has 0 saturated carbocycles. The molecule has 4 heteroatoms. The molecule has 1 aromatic heterocycles. The Morgan fingerprint density at radius 3 is 2.50 bits per heavy atom. The third-order valence-electron chi connectivity index (χ3n) is 2.85. The molecule has 0 atom stereocenters. The standard InChI is InChI=1S/C16H14N2OS/c1-11-3-5-14(6-4-11)18-16(19)13(10-17)9-15-12(2)7-8-20-15/h3-9H,1-2H3,(H,18,19)/b13-9+. The quantitative estimate of drug-likeness (QED) is 0.685. The molecule has 1 heterocycles. The van der Waals surface area contributed by atoms with E-state index in [1.807, 2.05) is 55.6 Å².